The van der Waals surface area contributed by atoms with Crippen molar-refractivity contribution in [2.75, 3.05) is 5.32 Å². The average Bonchev–Trinajstić information content (AvgIpc) is 3.22. The molecule has 0 radical (unpaired) electrons. The Morgan fingerprint density at radius 3 is 2.86 bits per heavy atom. The lowest BCUT2D eigenvalue weighted by Gasteiger charge is -2.10. The predicted molar refractivity (Wildman–Crippen MR) is 84.5 cm³/mol. The summed E-state index contributed by atoms with van der Waals surface area (Å²) in [4.78, 5) is 16.6. The van der Waals surface area contributed by atoms with Crippen LogP contribution in [0.5, 0.6) is 0 Å². The number of amides is 1. The van der Waals surface area contributed by atoms with Crippen LogP contribution in [0.3, 0.4) is 0 Å². The van der Waals surface area contributed by atoms with Crippen LogP contribution in [0.25, 0.3) is 0 Å². The van der Waals surface area contributed by atoms with Gasteiger partial charge in [-0.15, -0.1) is 0 Å². The summed E-state index contributed by atoms with van der Waals surface area (Å²) in [7, 11) is 0. The molecule has 3 rings (SSSR count). The van der Waals surface area contributed by atoms with Gasteiger partial charge in [-0.2, -0.15) is 5.10 Å². The second-order valence-corrected chi connectivity index (χ2v) is 6.17. The van der Waals surface area contributed by atoms with Crippen LogP contribution in [0, 0.1) is 6.92 Å². The molecule has 2 aromatic heterocycles. The monoisotopic (exact) mass is 348 g/mol. The van der Waals surface area contributed by atoms with Gasteiger partial charge in [0.25, 0.3) is 5.91 Å². The lowest BCUT2D eigenvalue weighted by Crippen LogP contribution is -2.18. The van der Waals surface area contributed by atoms with Crippen LogP contribution < -0.4 is 5.32 Å². The molecule has 1 aliphatic carbocycles. The molecule has 2 aromatic rings. The summed E-state index contributed by atoms with van der Waals surface area (Å²) in [5.74, 6) is 0.407. The van der Waals surface area contributed by atoms with Gasteiger partial charge in [0.05, 0.1) is 15.9 Å². The number of nitrogens with one attached hydrogen (secondary N) is 1. The Hall–Kier alpha value is -1.69. The Morgan fingerprint density at radius 1 is 1.48 bits per heavy atom. The van der Waals surface area contributed by atoms with E-state index in [2.05, 4.69) is 31.3 Å². The molecule has 1 aliphatic rings. The van der Waals surface area contributed by atoms with Crippen molar-refractivity contribution in [1.29, 1.82) is 0 Å². The number of aromatic nitrogens is 3. The van der Waals surface area contributed by atoms with Gasteiger partial charge in [0.2, 0.25) is 0 Å². The number of aryl methyl sites for hydroxylation is 2. The zero-order valence-corrected chi connectivity index (χ0v) is 13.6. The van der Waals surface area contributed by atoms with Crippen molar-refractivity contribution in [1.82, 2.24) is 14.8 Å². The van der Waals surface area contributed by atoms with Crippen molar-refractivity contribution in [2.45, 2.75) is 39.2 Å². The van der Waals surface area contributed by atoms with E-state index < -0.39 is 0 Å². The van der Waals surface area contributed by atoms with Crippen molar-refractivity contribution in [3.05, 3.63) is 39.9 Å². The van der Waals surface area contributed by atoms with Gasteiger partial charge in [-0.05, 0) is 54.2 Å². The number of rotatable bonds is 4. The molecular weight excluding hydrogens is 332 g/mol. The quantitative estimate of drug-likeness (QED) is 0.919. The number of pyridine rings is 1. The minimum atomic E-state index is -0.133. The Labute approximate surface area is 131 Å². The summed E-state index contributed by atoms with van der Waals surface area (Å²) in [6.07, 6.45) is 5.76. The molecule has 1 fully saturated rings. The van der Waals surface area contributed by atoms with Crippen LogP contribution in [0.1, 0.15) is 47.4 Å². The summed E-state index contributed by atoms with van der Waals surface area (Å²) >= 11 is 3.42. The third kappa shape index (κ3) is 2.85. The molecule has 0 aliphatic heterocycles. The third-order valence-electron chi connectivity index (χ3n) is 3.65. The largest absolute Gasteiger partial charge is 0.319 e. The number of hydrogen-bond acceptors (Lipinski definition) is 3. The standard InChI is InChI=1S/C15H17BrN4O/c1-3-20-13(6-12(19-20)10-4-5-10)15(21)18-14-9(2)7-17-8-11(14)16/h6-8,10H,3-5H2,1-2H3,(H,17,18,21). The summed E-state index contributed by atoms with van der Waals surface area (Å²) in [6, 6.07) is 1.92. The highest BCUT2D eigenvalue weighted by molar-refractivity contribution is 9.10. The molecule has 5 nitrogen and oxygen atoms in total. The minimum Gasteiger partial charge on any atom is -0.319 e. The first-order chi connectivity index (χ1) is 10.1. The van der Waals surface area contributed by atoms with Crippen LogP contribution in [0.15, 0.2) is 22.9 Å². The SMILES string of the molecule is CCn1nc(C2CC2)cc1C(=O)Nc1c(C)cncc1Br. The molecule has 0 aromatic carbocycles. The maximum absolute atomic E-state index is 12.5. The van der Waals surface area contributed by atoms with E-state index in [4.69, 9.17) is 0 Å². The summed E-state index contributed by atoms with van der Waals surface area (Å²) in [5.41, 5.74) is 3.32. The molecule has 0 saturated heterocycles. The highest BCUT2D eigenvalue weighted by Crippen LogP contribution is 2.39. The lowest BCUT2D eigenvalue weighted by atomic mass is 10.2. The number of halogens is 1. The van der Waals surface area contributed by atoms with Crippen LogP contribution in [-0.2, 0) is 6.54 Å². The molecular formula is C15H17BrN4O. The van der Waals surface area contributed by atoms with E-state index in [1.807, 2.05) is 19.9 Å². The number of carbonyl (C=O) groups excluding carboxylic acids is 1. The first-order valence-corrected chi connectivity index (χ1v) is 7.88. The Morgan fingerprint density at radius 2 is 2.24 bits per heavy atom. The number of carbonyl (C=O) groups is 1. The van der Waals surface area contributed by atoms with Crippen molar-refractivity contribution in [3.63, 3.8) is 0 Å². The Balaban J connectivity index is 1.88. The fraction of sp³-hybridized carbons (Fsp3) is 0.400. The molecule has 110 valence electrons. The second kappa shape index (κ2) is 5.60. The van der Waals surface area contributed by atoms with E-state index in [-0.39, 0.29) is 5.91 Å². The number of hydrogen-bond donors (Lipinski definition) is 1. The summed E-state index contributed by atoms with van der Waals surface area (Å²) in [5, 5.41) is 7.49. The van der Waals surface area contributed by atoms with Crippen LogP contribution in [0.2, 0.25) is 0 Å². The van der Waals surface area contributed by atoms with Gasteiger partial charge >= 0.3 is 0 Å². The van der Waals surface area contributed by atoms with E-state index in [1.165, 1.54) is 12.8 Å². The van der Waals surface area contributed by atoms with E-state index in [0.717, 1.165) is 21.4 Å². The topological polar surface area (TPSA) is 59.8 Å². The van der Waals surface area contributed by atoms with Gasteiger partial charge < -0.3 is 5.32 Å². The summed E-state index contributed by atoms with van der Waals surface area (Å²) < 4.78 is 2.55. The molecule has 0 bridgehead atoms. The van der Waals surface area contributed by atoms with Crippen LogP contribution >= 0.6 is 15.9 Å². The molecule has 6 heteroatoms. The molecule has 2 heterocycles. The highest BCUT2D eigenvalue weighted by Gasteiger charge is 2.28. The van der Waals surface area contributed by atoms with Crippen molar-refractivity contribution in [3.8, 4) is 0 Å². The smallest absolute Gasteiger partial charge is 0.273 e. The van der Waals surface area contributed by atoms with Crippen LogP contribution in [0.4, 0.5) is 5.69 Å². The van der Waals surface area contributed by atoms with E-state index in [0.29, 0.717) is 18.2 Å². The third-order valence-corrected chi connectivity index (χ3v) is 4.26. The number of nitrogens with zero attached hydrogens (tertiary/aromatic N) is 3. The minimum absolute atomic E-state index is 0.133. The lowest BCUT2D eigenvalue weighted by molar-refractivity contribution is 0.101. The van der Waals surface area contributed by atoms with Gasteiger partial charge in [-0.25, -0.2) is 0 Å². The average molecular weight is 349 g/mol. The molecule has 1 amide bonds. The maximum atomic E-state index is 12.5. The molecule has 0 unspecified atom stereocenters. The maximum Gasteiger partial charge on any atom is 0.273 e. The van der Waals surface area contributed by atoms with E-state index >= 15 is 0 Å². The van der Waals surface area contributed by atoms with Crippen molar-refractivity contribution >= 4 is 27.5 Å². The highest BCUT2D eigenvalue weighted by atomic mass is 79.9. The predicted octanol–water partition coefficient (Wildman–Crippen LogP) is 3.50. The zero-order chi connectivity index (χ0) is 15.0. The first kappa shape index (κ1) is 14.3. The van der Waals surface area contributed by atoms with E-state index in [9.17, 15) is 4.79 Å². The van der Waals surface area contributed by atoms with Crippen molar-refractivity contribution in [2.24, 2.45) is 0 Å². The molecule has 1 saturated carbocycles. The fourth-order valence-electron chi connectivity index (χ4n) is 2.31. The molecule has 0 spiro atoms. The molecule has 21 heavy (non-hydrogen) atoms. The molecule has 0 atom stereocenters. The van der Waals surface area contributed by atoms with Crippen LogP contribution in [-0.4, -0.2) is 20.7 Å². The van der Waals surface area contributed by atoms with Crippen molar-refractivity contribution < 1.29 is 4.79 Å². The van der Waals surface area contributed by atoms with Gasteiger partial charge in [0.15, 0.2) is 0 Å². The number of anilines is 1. The normalized spacial score (nSPS) is 14.2. The first-order valence-electron chi connectivity index (χ1n) is 7.09. The fourth-order valence-corrected chi connectivity index (χ4v) is 2.84. The Kier molecular flexibility index (Phi) is 3.80. The second-order valence-electron chi connectivity index (χ2n) is 5.31. The zero-order valence-electron chi connectivity index (χ0n) is 12.1. The van der Waals surface area contributed by atoms with E-state index in [1.54, 1.807) is 17.1 Å². The van der Waals surface area contributed by atoms with Gasteiger partial charge in [0.1, 0.15) is 5.69 Å². The molecule has 1 N–H and O–H groups in total. The van der Waals surface area contributed by atoms with Gasteiger partial charge in [-0.3, -0.25) is 14.5 Å². The Bertz CT molecular complexity index is 671. The van der Waals surface area contributed by atoms with Gasteiger partial charge in [0, 0.05) is 24.9 Å². The summed E-state index contributed by atoms with van der Waals surface area (Å²) in [6.45, 7) is 4.60. The van der Waals surface area contributed by atoms with Gasteiger partial charge in [-0.1, -0.05) is 0 Å².